The number of rotatable bonds is 6. The summed E-state index contributed by atoms with van der Waals surface area (Å²) >= 11 is 0. The zero-order valence-electron chi connectivity index (χ0n) is 20.3. The van der Waals surface area contributed by atoms with Crippen molar-refractivity contribution >= 4 is 11.4 Å². The summed E-state index contributed by atoms with van der Waals surface area (Å²) in [7, 11) is 0. The van der Waals surface area contributed by atoms with Crippen molar-refractivity contribution in [2.24, 2.45) is 0 Å². The van der Waals surface area contributed by atoms with E-state index in [1.54, 1.807) is 0 Å². The van der Waals surface area contributed by atoms with Gasteiger partial charge in [0, 0.05) is 40.5 Å². The third-order valence-electron chi connectivity index (χ3n) is 6.32. The highest BCUT2D eigenvalue weighted by Gasteiger charge is 2.08. The molecular weight excluding hydrogens is 450 g/mol. The monoisotopic (exact) mass is 475 g/mol. The highest BCUT2D eigenvalue weighted by molar-refractivity contribution is 5.79. The Balaban J connectivity index is 1.32. The van der Waals surface area contributed by atoms with E-state index in [2.05, 4.69) is 101 Å². The lowest BCUT2D eigenvalue weighted by atomic mass is 10.00. The summed E-state index contributed by atoms with van der Waals surface area (Å²) in [6.07, 6.45) is 3.77. The molecule has 0 amide bonds. The molecular formula is C34H25N3. The molecule has 37 heavy (non-hydrogen) atoms. The molecule has 3 nitrogen and oxygen atoms in total. The Labute approximate surface area is 217 Å². The number of pyridine rings is 2. The maximum Gasteiger partial charge on any atom is 0.0703 e. The van der Waals surface area contributed by atoms with Gasteiger partial charge in [-0.1, -0.05) is 84.9 Å². The first-order valence-electron chi connectivity index (χ1n) is 12.3. The van der Waals surface area contributed by atoms with Gasteiger partial charge < -0.3 is 5.32 Å². The van der Waals surface area contributed by atoms with Crippen molar-refractivity contribution in [2.45, 2.75) is 0 Å². The number of hydrogen-bond acceptors (Lipinski definition) is 3. The molecule has 0 fully saturated rings. The van der Waals surface area contributed by atoms with Crippen LogP contribution in [0.3, 0.4) is 0 Å². The Hall–Kier alpha value is -5.02. The van der Waals surface area contributed by atoms with Gasteiger partial charge in [-0.05, 0) is 65.2 Å². The van der Waals surface area contributed by atoms with Gasteiger partial charge in [0.05, 0.1) is 11.4 Å². The summed E-state index contributed by atoms with van der Waals surface area (Å²) in [6.45, 7) is 0. The molecule has 3 heteroatoms. The van der Waals surface area contributed by atoms with Crippen LogP contribution in [0.25, 0.3) is 44.8 Å². The van der Waals surface area contributed by atoms with Crippen molar-refractivity contribution in [3.8, 4) is 44.8 Å². The van der Waals surface area contributed by atoms with Gasteiger partial charge >= 0.3 is 0 Å². The van der Waals surface area contributed by atoms with Crippen molar-refractivity contribution in [1.29, 1.82) is 0 Å². The maximum absolute atomic E-state index is 4.74. The van der Waals surface area contributed by atoms with Crippen LogP contribution in [0.15, 0.2) is 146 Å². The predicted octanol–water partition coefficient (Wildman–Crippen LogP) is 8.89. The third-order valence-corrected chi connectivity index (χ3v) is 6.32. The van der Waals surface area contributed by atoms with Gasteiger partial charge in [-0.3, -0.25) is 9.97 Å². The van der Waals surface area contributed by atoms with E-state index in [4.69, 9.17) is 4.98 Å². The summed E-state index contributed by atoms with van der Waals surface area (Å²) < 4.78 is 0. The Morgan fingerprint density at radius 2 is 1.03 bits per heavy atom. The van der Waals surface area contributed by atoms with Gasteiger partial charge in [0.1, 0.15) is 0 Å². The minimum absolute atomic E-state index is 0.940. The summed E-state index contributed by atoms with van der Waals surface area (Å²) in [5.74, 6) is 0. The standard InChI is InChI=1S/C34H25N3/c1-3-10-25(11-4-1)28-17-18-34(36-24-28)27-14-9-15-31(21-27)37-32-22-29(26-12-5-2-6-13-26)20-30(23-32)33-16-7-8-19-35-33/h1-24,37H. The van der Waals surface area contributed by atoms with E-state index in [-0.39, 0.29) is 0 Å². The highest BCUT2D eigenvalue weighted by Crippen LogP contribution is 2.32. The van der Waals surface area contributed by atoms with Gasteiger partial charge in [-0.25, -0.2) is 0 Å². The fourth-order valence-corrected chi connectivity index (χ4v) is 4.47. The zero-order chi connectivity index (χ0) is 24.9. The fraction of sp³-hybridized carbons (Fsp3) is 0. The third kappa shape index (κ3) is 5.16. The van der Waals surface area contributed by atoms with Gasteiger partial charge in [0.25, 0.3) is 0 Å². The summed E-state index contributed by atoms with van der Waals surface area (Å²) in [6, 6.07) is 45.9. The number of nitrogens with one attached hydrogen (secondary N) is 1. The first-order valence-corrected chi connectivity index (χ1v) is 12.3. The molecule has 0 aliphatic rings. The van der Waals surface area contributed by atoms with Crippen LogP contribution in [0.4, 0.5) is 11.4 Å². The summed E-state index contributed by atoms with van der Waals surface area (Å²) in [5.41, 5.74) is 10.6. The van der Waals surface area contributed by atoms with Crippen LogP contribution in [0.1, 0.15) is 0 Å². The molecule has 4 aromatic carbocycles. The van der Waals surface area contributed by atoms with Crippen LogP contribution in [0.2, 0.25) is 0 Å². The van der Waals surface area contributed by atoms with E-state index < -0.39 is 0 Å². The average molecular weight is 476 g/mol. The van der Waals surface area contributed by atoms with Crippen LogP contribution in [-0.4, -0.2) is 9.97 Å². The van der Waals surface area contributed by atoms with Crippen LogP contribution in [0, 0.1) is 0 Å². The largest absolute Gasteiger partial charge is 0.355 e. The van der Waals surface area contributed by atoms with E-state index >= 15 is 0 Å². The van der Waals surface area contributed by atoms with Crippen molar-refractivity contribution in [1.82, 2.24) is 9.97 Å². The second-order valence-corrected chi connectivity index (χ2v) is 8.88. The molecule has 6 aromatic rings. The number of hydrogen-bond donors (Lipinski definition) is 1. The molecule has 6 rings (SSSR count). The van der Waals surface area contributed by atoms with Crippen LogP contribution >= 0.6 is 0 Å². The zero-order valence-corrected chi connectivity index (χ0v) is 20.3. The quantitative estimate of drug-likeness (QED) is 0.261. The first-order chi connectivity index (χ1) is 18.3. The Bertz CT molecular complexity index is 1550. The number of aromatic nitrogens is 2. The lowest BCUT2D eigenvalue weighted by molar-refractivity contribution is 1.32. The van der Waals surface area contributed by atoms with Crippen molar-refractivity contribution in [2.75, 3.05) is 5.32 Å². The fourth-order valence-electron chi connectivity index (χ4n) is 4.47. The van der Waals surface area contributed by atoms with Gasteiger partial charge in [-0.2, -0.15) is 0 Å². The van der Waals surface area contributed by atoms with Crippen molar-refractivity contribution in [3.63, 3.8) is 0 Å². The number of anilines is 2. The van der Waals surface area contributed by atoms with Crippen LogP contribution < -0.4 is 5.32 Å². The van der Waals surface area contributed by atoms with E-state index in [1.807, 2.05) is 54.9 Å². The Morgan fingerprint density at radius 1 is 0.378 bits per heavy atom. The smallest absolute Gasteiger partial charge is 0.0703 e. The van der Waals surface area contributed by atoms with Crippen molar-refractivity contribution in [3.05, 3.63) is 146 Å². The molecule has 0 aliphatic heterocycles. The van der Waals surface area contributed by atoms with Gasteiger partial charge in [0.2, 0.25) is 0 Å². The first kappa shape index (κ1) is 22.4. The summed E-state index contributed by atoms with van der Waals surface area (Å²) in [4.78, 5) is 9.32. The van der Waals surface area contributed by atoms with Crippen LogP contribution in [0.5, 0.6) is 0 Å². The lowest BCUT2D eigenvalue weighted by Gasteiger charge is -2.13. The highest BCUT2D eigenvalue weighted by atomic mass is 14.9. The molecule has 0 bridgehead atoms. The molecule has 0 saturated heterocycles. The topological polar surface area (TPSA) is 37.8 Å². The number of benzene rings is 4. The van der Waals surface area contributed by atoms with E-state index in [1.165, 1.54) is 11.1 Å². The molecule has 0 aliphatic carbocycles. The normalized spacial score (nSPS) is 10.7. The Morgan fingerprint density at radius 3 is 1.73 bits per heavy atom. The molecule has 0 radical (unpaired) electrons. The minimum Gasteiger partial charge on any atom is -0.355 e. The second kappa shape index (κ2) is 10.3. The average Bonchev–Trinajstić information content (AvgIpc) is 2.99. The molecule has 2 heterocycles. The maximum atomic E-state index is 4.74. The minimum atomic E-state index is 0.940. The molecule has 2 aromatic heterocycles. The Kier molecular flexibility index (Phi) is 6.25. The van der Waals surface area contributed by atoms with E-state index in [9.17, 15) is 0 Å². The molecule has 0 atom stereocenters. The van der Waals surface area contributed by atoms with Gasteiger partial charge in [0.15, 0.2) is 0 Å². The lowest BCUT2D eigenvalue weighted by Crippen LogP contribution is -1.94. The molecule has 0 unspecified atom stereocenters. The summed E-state index contributed by atoms with van der Waals surface area (Å²) in [5, 5.41) is 3.62. The molecule has 1 N–H and O–H groups in total. The molecule has 0 spiro atoms. The molecule has 0 saturated carbocycles. The van der Waals surface area contributed by atoms with Crippen LogP contribution in [-0.2, 0) is 0 Å². The SMILES string of the molecule is c1ccc(-c2ccc(-c3cccc(Nc4cc(-c5ccccc5)cc(-c5ccccn5)c4)c3)nc2)cc1. The number of nitrogens with zero attached hydrogens (tertiary/aromatic N) is 2. The second-order valence-electron chi connectivity index (χ2n) is 8.88. The van der Waals surface area contributed by atoms with E-state index in [0.717, 1.165) is 45.0 Å². The predicted molar refractivity (Wildman–Crippen MR) is 154 cm³/mol. The van der Waals surface area contributed by atoms with E-state index in [0.29, 0.717) is 0 Å². The van der Waals surface area contributed by atoms with Gasteiger partial charge in [-0.15, -0.1) is 0 Å². The molecule has 176 valence electrons. The van der Waals surface area contributed by atoms with Crippen molar-refractivity contribution < 1.29 is 0 Å².